The minimum absolute atomic E-state index is 0.307. The van der Waals surface area contributed by atoms with Gasteiger partial charge in [-0.3, -0.25) is 0 Å². The van der Waals surface area contributed by atoms with Gasteiger partial charge < -0.3 is 19.9 Å². The summed E-state index contributed by atoms with van der Waals surface area (Å²) in [6, 6.07) is 11.0. The lowest BCUT2D eigenvalue weighted by molar-refractivity contribution is 0.0696. The molecule has 0 atom stereocenters. The summed E-state index contributed by atoms with van der Waals surface area (Å²) in [7, 11) is 0. The quantitative estimate of drug-likeness (QED) is 0.763. The lowest BCUT2D eigenvalue weighted by atomic mass is 10.1. The van der Waals surface area contributed by atoms with Crippen LogP contribution in [0.1, 0.15) is 35.3 Å². The van der Waals surface area contributed by atoms with Crippen molar-refractivity contribution in [2.45, 2.75) is 27.3 Å². The van der Waals surface area contributed by atoms with E-state index in [2.05, 4.69) is 5.32 Å². The molecule has 0 amide bonds. The Morgan fingerprint density at radius 3 is 2.46 bits per heavy atom. The summed E-state index contributed by atoms with van der Waals surface area (Å²) in [5, 5.41) is 12.5. The van der Waals surface area contributed by atoms with Gasteiger partial charge in [0, 0.05) is 12.2 Å². The molecule has 5 heteroatoms. The standard InChI is InChI=1S/C19H23NO4/c1-4-23-17-10-9-14(11-18(17)24-5-2)12-20-16-8-6-7-15(13(16)3)19(21)22/h6-11,20H,4-5,12H2,1-3H3,(H,21,22). The summed E-state index contributed by atoms with van der Waals surface area (Å²) in [6.07, 6.45) is 0. The average Bonchev–Trinajstić information content (AvgIpc) is 2.56. The second-order valence-electron chi connectivity index (χ2n) is 5.28. The van der Waals surface area contributed by atoms with Crippen molar-refractivity contribution in [1.29, 1.82) is 0 Å². The summed E-state index contributed by atoms with van der Waals surface area (Å²) in [6.45, 7) is 7.38. The van der Waals surface area contributed by atoms with Gasteiger partial charge in [-0.2, -0.15) is 0 Å². The van der Waals surface area contributed by atoms with Crippen LogP contribution in [0.15, 0.2) is 36.4 Å². The summed E-state index contributed by atoms with van der Waals surface area (Å²) < 4.78 is 11.2. The van der Waals surface area contributed by atoms with E-state index >= 15 is 0 Å². The van der Waals surface area contributed by atoms with Crippen molar-refractivity contribution < 1.29 is 19.4 Å². The maximum atomic E-state index is 11.2. The van der Waals surface area contributed by atoms with Crippen LogP contribution in [0, 0.1) is 6.92 Å². The Morgan fingerprint density at radius 1 is 1.08 bits per heavy atom. The van der Waals surface area contributed by atoms with Crippen molar-refractivity contribution in [2.24, 2.45) is 0 Å². The number of hydrogen-bond acceptors (Lipinski definition) is 4. The zero-order valence-electron chi connectivity index (χ0n) is 14.3. The Morgan fingerprint density at radius 2 is 1.79 bits per heavy atom. The van der Waals surface area contributed by atoms with Crippen molar-refractivity contribution in [3.63, 3.8) is 0 Å². The van der Waals surface area contributed by atoms with Gasteiger partial charge in [0.2, 0.25) is 0 Å². The molecular weight excluding hydrogens is 306 g/mol. The van der Waals surface area contributed by atoms with Gasteiger partial charge in [-0.1, -0.05) is 12.1 Å². The first-order valence-electron chi connectivity index (χ1n) is 8.02. The van der Waals surface area contributed by atoms with Gasteiger partial charge in [-0.25, -0.2) is 4.79 Å². The van der Waals surface area contributed by atoms with E-state index < -0.39 is 5.97 Å². The third kappa shape index (κ3) is 4.19. The summed E-state index contributed by atoms with van der Waals surface area (Å²) in [4.78, 5) is 11.2. The van der Waals surface area contributed by atoms with Crippen molar-refractivity contribution >= 4 is 11.7 Å². The van der Waals surface area contributed by atoms with E-state index in [1.807, 2.05) is 38.1 Å². The number of aromatic carboxylic acids is 1. The minimum Gasteiger partial charge on any atom is -0.490 e. The van der Waals surface area contributed by atoms with Gasteiger partial charge in [-0.05, 0) is 56.2 Å². The highest BCUT2D eigenvalue weighted by molar-refractivity contribution is 5.91. The Kier molecular flexibility index (Phi) is 6.07. The zero-order chi connectivity index (χ0) is 17.5. The number of ether oxygens (including phenoxy) is 2. The van der Waals surface area contributed by atoms with Crippen LogP contribution in [0.2, 0.25) is 0 Å². The van der Waals surface area contributed by atoms with Crippen molar-refractivity contribution in [3.05, 3.63) is 53.1 Å². The van der Waals surface area contributed by atoms with Gasteiger partial charge in [0.1, 0.15) is 0 Å². The van der Waals surface area contributed by atoms with Crippen LogP contribution in [0.25, 0.3) is 0 Å². The molecule has 0 unspecified atom stereocenters. The summed E-state index contributed by atoms with van der Waals surface area (Å²) in [5.74, 6) is 0.526. The van der Waals surface area contributed by atoms with Crippen molar-refractivity contribution in [2.75, 3.05) is 18.5 Å². The van der Waals surface area contributed by atoms with E-state index in [-0.39, 0.29) is 0 Å². The molecule has 0 heterocycles. The van der Waals surface area contributed by atoms with Gasteiger partial charge in [0.15, 0.2) is 11.5 Å². The number of anilines is 1. The maximum Gasteiger partial charge on any atom is 0.336 e. The molecule has 0 aliphatic rings. The molecule has 0 aromatic heterocycles. The predicted octanol–water partition coefficient (Wildman–Crippen LogP) is 4.10. The molecule has 0 aliphatic heterocycles. The average molecular weight is 329 g/mol. The molecule has 0 saturated carbocycles. The zero-order valence-corrected chi connectivity index (χ0v) is 14.3. The molecule has 2 aromatic rings. The van der Waals surface area contributed by atoms with Crippen LogP contribution in [0.3, 0.4) is 0 Å². The Hall–Kier alpha value is -2.69. The van der Waals surface area contributed by atoms with Gasteiger partial charge >= 0.3 is 5.97 Å². The molecule has 0 spiro atoms. The third-order valence-electron chi connectivity index (χ3n) is 3.65. The number of carboxylic acid groups (broad SMARTS) is 1. The Labute approximate surface area is 142 Å². The topological polar surface area (TPSA) is 67.8 Å². The van der Waals surface area contributed by atoms with Crippen LogP contribution < -0.4 is 14.8 Å². The van der Waals surface area contributed by atoms with Gasteiger partial charge in [0.05, 0.1) is 18.8 Å². The predicted molar refractivity (Wildman–Crippen MR) is 94.2 cm³/mol. The smallest absolute Gasteiger partial charge is 0.336 e. The number of rotatable bonds is 8. The van der Waals surface area contributed by atoms with Crippen LogP contribution in [-0.2, 0) is 6.54 Å². The second-order valence-corrected chi connectivity index (χ2v) is 5.28. The maximum absolute atomic E-state index is 11.2. The first-order valence-corrected chi connectivity index (χ1v) is 8.02. The normalized spacial score (nSPS) is 10.3. The number of nitrogens with one attached hydrogen (secondary N) is 1. The SMILES string of the molecule is CCOc1ccc(CNc2cccc(C(=O)O)c2C)cc1OCC. The Bertz CT molecular complexity index is 713. The van der Waals surface area contributed by atoms with Crippen LogP contribution >= 0.6 is 0 Å². The highest BCUT2D eigenvalue weighted by Gasteiger charge is 2.10. The van der Waals surface area contributed by atoms with Crippen molar-refractivity contribution in [1.82, 2.24) is 0 Å². The van der Waals surface area contributed by atoms with Crippen LogP contribution in [-0.4, -0.2) is 24.3 Å². The molecule has 2 N–H and O–H groups in total. The highest BCUT2D eigenvalue weighted by Crippen LogP contribution is 2.29. The van der Waals surface area contributed by atoms with E-state index in [0.29, 0.717) is 25.3 Å². The van der Waals surface area contributed by atoms with E-state index in [9.17, 15) is 9.90 Å². The molecule has 0 radical (unpaired) electrons. The molecule has 5 nitrogen and oxygen atoms in total. The molecule has 0 fully saturated rings. The van der Waals surface area contributed by atoms with Crippen LogP contribution in [0.5, 0.6) is 11.5 Å². The first-order chi connectivity index (χ1) is 11.6. The number of benzene rings is 2. The number of hydrogen-bond donors (Lipinski definition) is 2. The molecule has 0 saturated heterocycles. The molecular formula is C19H23NO4. The summed E-state index contributed by atoms with van der Waals surface area (Å²) in [5.41, 5.74) is 2.87. The highest BCUT2D eigenvalue weighted by atomic mass is 16.5. The molecule has 0 bridgehead atoms. The monoisotopic (exact) mass is 329 g/mol. The lowest BCUT2D eigenvalue weighted by Gasteiger charge is -2.14. The van der Waals surface area contributed by atoms with E-state index in [1.54, 1.807) is 19.1 Å². The molecule has 128 valence electrons. The largest absolute Gasteiger partial charge is 0.490 e. The number of carbonyl (C=O) groups is 1. The minimum atomic E-state index is -0.921. The Balaban J connectivity index is 2.16. The number of carboxylic acids is 1. The van der Waals surface area contributed by atoms with Crippen LogP contribution in [0.4, 0.5) is 5.69 Å². The fourth-order valence-electron chi connectivity index (χ4n) is 2.46. The second kappa shape index (κ2) is 8.24. The fourth-order valence-corrected chi connectivity index (χ4v) is 2.46. The van der Waals surface area contributed by atoms with Gasteiger partial charge in [-0.15, -0.1) is 0 Å². The molecule has 2 aromatic carbocycles. The van der Waals surface area contributed by atoms with E-state index in [4.69, 9.17) is 9.47 Å². The molecule has 2 rings (SSSR count). The fraction of sp³-hybridized carbons (Fsp3) is 0.316. The molecule has 0 aliphatic carbocycles. The van der Waals surface area contributed by atoms with Crippen molar-refractivity contribution in [3.8, 4) is 11.5 Å². The van der Waals surface area contributed by atoms with E-state index in [1.165, 1.54) is 0 Å². The van der Waals surface area contributed by atoms with E-state index in [0.717, 1.165) is 28.3 Å². The first kappa shape index (κ1) is 17.7. The third-order valence-corrected chi connectivity index (χ3v) is 3.65. The van der Waals surface area contributed by atoms with Gasteiger partial charge in [0.25, 0.3) is 0 Å². The lowest BCUT2D eigenvalue weighted by Crippen LogP contribution is -2.06. The molecule has 24 heavy (non-hydrogen) atoms. The summed E-state index contributed by atoms with van der Waals surface area (Å²) >= 11 is 0.